The van der Waals surface area contributed by atoms with Crippen LogP contribution >= 0.6 is 0 Å². The molecule has 1 aliphatic carbocycles. The number of hydrogen-bond donors (Lipinski definition) is 2. The molecule has 1 aromatic heterocycles. The highest BCUT2D eigenvalue weighted by Crippen LogP contribution is 2.43. The van der Waals surface area contributed by atoms with Crippen LogP contribution in [0.2, 0.25) is 0 Å². The number of carbonyl (C=O) groups is 1. The van der Waals surface area contributed by atoms with E-state index in [2.05, 4.69) is 4.98 Å². The second-order valence-corrected chi connectivity index (χ2v) is 7.38. The fourth-order valence-electron chi connectivity index (χ4n) is 3.11. The first-order valence-corrected chi connectivity index (χ1v) is 8.63. The highest BCUT2D eigenvalue weighted by molar-refractivity contribution is 5.86. The van der Waals surface area contributed by atoms with Gasteiger partial charge in [0.2, 0.25) is 5.91 Å². The van der Waals surface area contributed by atoms with Crippen molar-refractivity contribution in [3.8, 4) is 11.3 Å². The van der Waals surface area contributed by atoms with Crippen molar-refractivity contribution in [2.45, 2.75) is 38.0 Å². The van der Waals surface area contributed by atoms with E-state index in [1.165, 1.54) is 30.3 Å². The molecule has 0 saturated heterocycles. The van der Waals surface area contributed by atoms with E-state index in [1.54, 1.807) is 13.8 Å². The SMILES string of the molecule is CC(C)(C(N)=O)c1cc(C(CO)C2CC2)nc(-c2ccc(F)cc2)c1F. The summed E-state index contributed by atoms with van der Waals surface area (Å²) < 4.78 is 28.5. The van der Waals surface area contributed by atoms with Crippen molar-refractivity contribution in [2.24, 2.45) is 11.7 Å². The van der Waals surface area contributed by atoms with Crippen molar-refractivity contribution in [3.05, 3.63) is 53.2 Å². The maximum atomic E-state index is 15.3. The number of halogens is 2. The maximum absolute atomic E-state index is 15.3. The number of benzene rings is 1. The van der Waals surface area contributed by atoms with E-state index in [0.717, 1.165) is 12.8 Å². The van der Waals surface area contributed by atoms with E-state index in [1.807, 2.05) is 0 Å². The molecule has 0 bridgehead atoms. The monoisotopic (exact) mass is 360 g/mol. The highest BCUT2D eigenvalue weighted by Gasteiger charge is 2.37. The van der Waals surface area contributed by atoms with Gasteiger partial charge >= 0.3 is 0 Å². The van der Waals surface area contributed by atoms with Crippen LogP contribution in [0.25, 0.3) is 11.3 Å². The number of hydrogen-bond acceptors (Lipinski definition) is 3. The lowest BCUT2D eigenvalue weighted by Crippen LogP contribution is -2.36. The van der Waals surface area contributed by atoms with Gasteiger partial charge in [-0.2, -0.15) is 0 Å². The summed E-state index contributed by atoms with van der Waals surface area (Å²) in [5.41, 5.74) is 5.33. The molecule has 2 aromatic rings. The van der Waals surface area contributed by atoms with Gasteiger partial charge in [-0.3, -0.25) is 4.79 Å². The van der Waals surface area contributed by atoms with Gasteiger partial charge in [-0.15, -0.1) is 0 Å². The number of pyridine rings is 1. The van der Waals surface area contributed by atoms with Gasteiger partial charge in [0.05, 0.1) is 12.0 Å². The Morgan fingerprint density at radius 2 is 1.92 bits per heavy atom. The van der Waals surface area contributed by atoms with E-state index in [9.17, 15) is 14.3 Å². The van der Waals surface area contributed by atoms with E-state index in [4.69, 9.17) is 5.73 Å². The van der Waals surface area contributed by atoms with Crippen LogP contribution in [0.4, 0.5) is 8.78 Å². The summed E-state index contributed by atoms with van der Waals surface area (Å²) in [6.45, 7) is 3.00. The summed E-state index contributed by atoms with van der Waals surface area (Å²) in [6.07, 6.45) is 1.95. The predicted molar refractivity (Wildman–Crippen MR) is 94.4 cm³/mol. The molecule has 0 radical (unpaired) electrons. The second kappa shape index (κ2) is 6.76. The molecule has 6 heteroatoms. The van der Waals surface area contributed by atoms with Gasteiger partial charge in [0.1, 0.15) is 11.5 Å². The number of aromatic nitrogens is 1. The zero-order valence-electron chi connectivity index (χ0n) is 14.8. The minimum absolute atomic E-state index is 0.0333. The Hall–Kier alpha value is -2.34. The number of aliphatic hydroxyl groups is 1. The molecule has 1 unspecified atom stereocenters. The van der Waals surface area contributed by atoms with Gasteiger partial charge in [-0.05, 0) is 62.9 Å². The Balaban J connectivity index is 2.22. The minimum atomic E-state index is -1.25. The van der Waals surface area contributed by atoms with Crippen molar-refractivity contribution >= 4 is 5.91 Å². The lowest BCUT2D eigenvalue weighted by molar-refractivity contribution is -0.122. The highest BCUT2D eigenvalue weighted by atomic mass is 19.1. The smallest absolute Gasteiger partial charge is 0.227 e. The number of carbonyl (C=O) groups excluding carboxylic acids is 1. The zero-order chi connectivity index (χ0) is 19.1. The Morgan fingerprint density at radius 3 is 2.42 bits per heavy atom. The third kappa shape index (κ3) is 3.33. The van der Waals surface area contributed by atoms with Crippen LogP contribution in [-0.4, -0.2) is 22.6 Å². The van der Waals surface area contributed by atoms with Crippen molar-refractivity contribution in [2.75, 3.05) is 6.61 Å². The minimum Gasteiger partial charge on any atom is -0.396 e. The summed E-state index contributed by atoms with van der Waals surface area (Å²) >= 11 is 0. The normalized spacial score (nSPS) is 15.7. The fraction of sp³-hybridized carbons (Fsp3) is 0.400. The fourth-order valence-corrected chi connectivity index (χ4v) is 3.11. The number of nitrogens with zero attached hydrogens (tertiary/aromatic N) is 1. The molecule has 26 heavy (non-hydrogen) atoms. The summed E-state index contributed by atoms with van der Waals surface area (Å²) in [7, 11) is 0. The van der Waals surface area contributed by atoms with Gasteiger partial charge < -0.3 is 10.8 Å². The lowest BCUT2D eigenvalue weighted by Gasteiger charge is -2.25. The van der Waals surface area contributed by atoms with Crippen LogP contribution in [0.3, 0.4) is 0 Å². The lowest BCUT2D eigenvalue weighted by atomic mass is 9.81. The molecule has 1 saturated carbocycles. The topological polar surface area (TPSA) is 76.2 Å². The standard InChI is InChI=1S/C20H22F2N2O2/c1-20(2,19(23)26)15-9-16(14(10-25)11-3-4-11)24-18(17(15)22)12-5-7-13(21)8-6-12/h5-9,11,14,25H,3-4,10H2,1-2H3,(H2,23,26). The molecular formula is C20H22F2N2O2. The summed E-state index contributed by atoms with van der Waals surface area (Å²) in [5.74, 6) is -1.68. The molecule has 1 atom stereocenters. The van der Waals surface area contributed by atoms with E-state index >= 15 is 4.39 Å². The maximum Gasteiger partial charge on any atom is 0.227 e. The van der Waals surface area contributed by atoms with Crippen molar-refractivity contribution in [1.82, 2.24) is 4.98 Å². The molecule has 4 nitrogen and oxygen atoms in total. The van der Waals surface area contributed by atoms with Gasteiger partial charge in [0.25, 0.3) is 0 Å². The Kier molecular flexibility index (Phi) is 4.80. The third-order valence-corrected chi connectivity index (χ3v) is 5.15. The average Bonchev–Trinajstić information content (AvgIpc) is 3.42. The molecule has 0 spiro atoms. The van der Waals surface area contributed by atoms with Crippen molar-refractivity contribution in [3.63, 3.8) is 0 Å². The molecule has 1 fully saturated rings. The quantitative estimate of drug-likeness (QED) is 0.830. The van der Waals surface area contributed by atoms with E-state index in [-0.39, 0.29) is 23.8 Å². The van der Waals surface area contributed by atoms with Crippen LogP contribution in [0.5, 0.6) is 0 Å². The van der Waals surface area contributed by atoms with Crippen LogP contribution in [0, 0.1) is 17.6 Å². The number of aliphatic hydroxyl groups excluding tert-OH is 1. The number of amides is 1. The molecule has 138 valence electrons. The number of primary amides is 1. The Morgan fingerprint density at radius 1 is 1.31 bits per heavy atom. The van der Waals surface area contributed by atoms with Gasteiger partial charge in [-0.1, -0.05) is 0 Å². The first-order chi connectivity index (χ1) is 12.3. The third-order valence-electron chi connectivity index (χ3n) is 5.15. The van der Waals surface area contributed by atoms with Gasteiger partial charge in [0, 0.05) is 22.7 Å². The molecule has 1 amide bonds. The summed E-state index contributed by atoms with van der Waals surface area (Å²) in [4.78, 5) is 16.3. The molecular weight excluding hydrogens is 338 g/mol. The molecule has 0 aliphatic heterocycles. The number of rotatable bonds is 6. The zero-order valence-corrected chi connectivity index (χ0v) is 14.8. The molecule has 1 aliphatic rings. The predicted octanol–water partition coefficient (Wildman–Crippen LogP) is 3.28. The first kappa shape index (κ1) is 18.5. The first-order valence-electron chi connectivity index (χ1n) is 8.63. The van der Waals surface area contributed by atoms with Crippen molar-refractivity contribution in [1.29, 1.82) is 0 Å². The van der Waals surface area contributed by atoms with E-state index < -0.39 is 23.0 Å². The van der Waals surface area contributed by atoms with Crippen LogP contribution in [0.1, 0.15) is 43.9 Å². The van der Waals surface area contributed by atoms with Crippen molar-refractivity contribution < 1.29 is 18.7 Å². The Bertz CT molecular complexity index is 830. The van der Waals surface area contributed by atoms with Gasteiger partial charge in [0.15, 0.2) is 5.82 Å². The second-order valence-electron chi connectivity index (χ2n) is 7.38. The largest absolute Gasteiger partial charge is 0.396 e. The van der Waals surface area contributed by atoms with Crippen LogP contribution in [0.15, 0.2) is 30.3 Å². The van der Waals surface area contributed by atoms with Crippen LogP contribution in [-0.2, 0) is 10.2 Å². The molecule has 1 aromatic carbocycles. The average molecular weight is 360 g/mol. The van der Waals surface area contributed by atoms with Gasteiger partial charge in [-0.25, -0.2) is 13.8 Å². The van der Waals surface area contributed by atoms with Crippen LogP contribution < -0.4 is 5.73 Å². The number of nitrogens with two attached hydrogens (primary N) is 1. The van der Waals surface area contributed by atoms with E-state index in [0.29, 0.717) is 17.2 Å². The molecule has 3 rings (SSSR count). The Labute approximate surface area is 151 Å². The molecule has 1 heterocycles. The molecule has 3 N–H and O–H groups in total. The summed E-state index contributed by atoms with van der Waals surface area (Å²) in [5, 5.41) is 9.78. The summed E-state index contributed by atoms with van der Waals surface area (Å²) in [6, 6.07) is 6.87.